The van der Waals surface area contributed by atoms with Crippen molar-refractivity contribution in [1.82, 2.24) is 20.4 Å². The SMILES string of the molecule is Cn1cc(CNC(=O)CC2CC3OC(CNCc4ccccc4OC(F)(F)F)C(O)C3O2)cn1. The van der Waals surface area contributed by atoms with Gasteiger partial charge in [-0.05, 0) is 6.07 Å². The highest BCUT2D eigenvalue weighted by Gasteiger charge is 2.50. The topological polar surface area (TPSA) is 107 Å². The molecule has 0 saturated carbocycles. The van der Waals surface area contributed by atoms with Crippen LogP contribution in [0.25, 0.3) is 0 Å². The molecule has 2 fully saturated rings. The number of hydrogen-bond acceptors (Lipinski definition) is 7. The van der Waals surface area contributed by atoms with Gasteiger partial charge >= 0.3 is 6.36 Å². The van der Waals surface area contributed by atoms with E-state index in [4.69, 9.17) is 9.47 Å². The minimum Gasteiger partial charge on any atom is -0.405 e. The number of carbonyl (C=O) groups is 1. The Morgan fingerprint density at radius 1 is 1.29 bits per heavy atom. The van der Waals surface area contributed by atoms with E-state index in [-0.39, 0.29) is 43.4 Å². The maximum Gasteiger partial charge on any atom is 0.573 e. The number of ether oxygens (including phenoxy) is 3. The summed E-state index contributed by atoms with van der Waals surface area (Å²) in [5.74, 6) is -0.443. The van der Waals surface area contributed by atoms with E-state index in [2.05, 4.69) is 20.5 Å². The van der Waals surface area contributed by atoms with Gasteiger partial charge in [-0.1, -0.05) is 18.2 Å². The molecule has 4 rings (SSSR count). The van der Waals surface area contributed by atoms with Crippen molar-refractivity contribution in [2.75, 3.05) is 6.54 Å². The molecule has 186 valence electrons. The Kier molecular flexibility index (Phi) is 7.41. The fourth-order valence-electron chi connectivity index (χ4n) is 4.27. The molecular weight excluding hydrogens is 457 g/mol. The van der Waals surface area contributed by atoms with Crippen LogP contribution in [0.15, 0.2) is 36.7 Å². The summed E-state index contributed by atoms with van der Waals surface area (Å²) in [5, 5.41) is 20.5. The first-order chi connectivity index (χ1) is 16.2. The molecule has 1 amide bonds. The van der Waals surface area contributed by atoms with Crippen molar-refractivity contribution in [2.24, 2.45) is 7.05 Å². The Balaban J connectivity index is 1.20. The van der Waals surface area contributed by atoms with Crippen molar-refractivity contribution >= 4 is 5.91 Å². The van der Waals surface area contributed by atoms with Gasteiger partial charge < -0.3 is 30.0 Å². The number of aliphatic hydroxyl groups excluding tert-OH is 1. The Bertz CT molecular complexity index is 985. The standard InChI is InChI=1S/C22H27F3N4O5/c1-29-12-13(9-28-29)8-27-19(30)7-15-6-17-21(32-15)20(31)18(33-17)11-26-10-14-4-2-3-5-16(14)34-22(23,24)25/h2-5,9,12,15,17-18,20-21,26,31H,6-8,10-11H2,1H3,(H,27,30). The molecule has 3 N–H and O–H groups in total. The quantitative estimate of drug-likeness (QED) is 0.494. The van der Waals surface area contributed by atoms with Gasteiger partial charge in [0.25, 0.3) is 0 Å². The number of halogens is 3. The van der Waals surface area contributed by atoms with Gasteiger partial charge in [0.1, 0.15) is 18.0 Å². The van der Waals surface area contributed by atoms with Gasteiger partial charge in [-0.2, -0.15) is 5.10 Å². The molecule has 2 aliphatic rings. The average molecular weight is 484 g/mol. The first-order valence-electron chi connectivity index (χ1n) is 11.0. The Morgan fingerprint density at radius 3 is 2.79 bits per heavy atom. The molecular formula is C22H27F3N4O5. The number of nitrogens with zero attached hydrogens (tertiary/aromatic N) is 2. The first kappa shape index (κ1) is 24.5. The van der Waals surface area contributed by atoms with Crippen molar-refractivity contribution < 1.29 is 37.3 Å². The number of amides is 1. The molecule has 0 aliphatic carbocycles. The number of aliphatic hydroxyl groups is 1. The van der Waals surface area contributed by atoms with Crippen molar-refractivity contribution in [3.05, 3.63) is 47.8 Å². The molecule has 1 aromatic heterocycles. The van der Waals surface area contributed by atoms with Gasteiger partial charge in [0.2, 0.25) is 5.91 Å². The number of aromatic nitrogens is 2. The molecule has 2 aromatic rings. The average Bonchev–Trinajstić information content (AvgIpc) is 3.43. The summed E-state index contributed by atoms with van der Waals surface area (Å²) in [4.78, 5) is 12.2. The second-order valence-electron chi connectivity index (χ2n) is 8.45. The van der Waals surface area contributed by atoms with E-state index in [0.29, 0.717) is 18.5 Å². The first-order valence-corrected chi connectivity index (χ1v) is 11.0. The van der Waals surface area contributed by atoms with Gasteiger partial charge in [0.15, 0.2) is 0 Å². The van der Waals surface area contributed by atoms with Crippen molar-refractivity contribution in [3.8, 4) is 5.75 Å². The van der Waals surface area contributed by atoms with Crippen LogP contribution < -0.4 is 15.4 Å². The highest BCUT2D eigenvalue weighted by Crippen LogP contribution is 2.35. The van der Waals surface area contributed by atoms with Crippen molar-refractivity contribution in [3.63, 3.8) is 0 Å². The highest BCUT2D eigenvalue weighted by molar-refractivity contribution is 5.76. The molecule has 2 aliphatic heterocycles. The Labute approximate surface area is 194 Å². The summed E-state index contributed by atoms with van der Waals surface area (Å²) in [6.45, 7) is 0.694. The van der Waals surface area contributed by atoms with Crippen LogP contribution in [0.3, 0.4) is 0 Å². The van der Waals surface area contributed by atoms with Crippen LogP contribution in [0.2, 0.25) is 0 Å². The second-order valence-corrected chi connectivity index (χ2v) is 8.45. The summed E-state index contributed by atoms with van der Waals surface area (Å²) >= 11 is 0. The number of para-hydroxylation sites is 1. The van der Waals surface area contributed by atoms with Gasteiger partial charge in [-0.15, -0.1) is 13.2 Å². The van der Waals surface area contributed by atoms with E-state index in [1.165, 1.54) is 18.2 Å². The summed E-state index contributed by atoms with van der Waals surface area (Å²) < 4.78 is 55.2. The number of nitrogens with one attached hydrogen (secondary N) is 2. The van der Waals surface area contributed by atoms with E-state index in [1.54, 1.807) is 24.0 Å². The summed E-state index contributed by atoms with van der Waals surface area (Å²) in [6, 6.07) is 5.85. The minimum absolute atomic E-state index is 0.106. The summed E-state index contributed by atoms with van der Waals surface area (Å²) in [5.41, 5.74) is 1.22. The summed E-state index contributed by atoms with van der Waals surface area (Å²) in [6.07, 6.45) is -3.41. The lowest BCUT2D eigenvalue weighted by Crippen LogP contribution is -2.39. The molecule has 2 saturated heterocycles. The predicted octanol–water partition coefficient (Wildman–Crippen LogP) is 1.40. The lowest BCUT2D eigenvalue weighted by Gasteiger charge is -2.20. The number of rotatable bonds is 9. The molecule has 3 heterocycles. The maximum atomic E-state index is 12.6. The monoisotopic (exact) mass is 484 g/mol. The number of aryl methyl sites for hydroxylation is 1. The van der Waals surface area contributed by atoms with E-state index in [1.807, 2.05) is 6.20 Å². The maximum absolute atomic E-state index is 12.6. The van der Waals surface area contributed by atoms with Gasteiger partial charge in [-0.3, -0.25) is 9.48 Å². The third-order valence-corrected chi connectivity index (χ3v) is 5.80. The number of alkyl halides is 3. The Hall–Kier alpha value is -2.67. The van der Waals surface area contributed by atoms with Crippen LogP contribution in [0.1, 0.15) is 24.0 Å². The number of benzene rings is 1. The van der Waals surface area contributed by atoms with Crippen LogP contribution in [-0.4, -0.2) is 64.2 Å². The Morgan fingerprint density at radius 2 is 2.09 bits per heavy atom. The van der Waals surface area contributed by atoms with Crippen LogP contribution in [-0.2, 0) is 34.4 Å². The van der Waals surface area contributed by atoms with E-state index < -0.39 is 24.7 Å². The minimum atomic E-state index is -4.78. The highest BCUT2D eigenvalue weighted by atomic mass is 19.4. The lowest BCUT2D eigenvalue weighted by atomic mass is 10.1. The smallest absolute Gasteiger partial charge is 0.405 e. The van der Waals surface area contributed by atoms with Crippen molar-refractivity contribution in [2.45, 2.75) is 62.8 Å². The molecule has 0 spiro atoms. The molecule has 5 atom stereocenters. The molecule has 12 heteroatoms. The van der Waals surface area contributed by atoms with Crippen LogP contribution in [0, 0.1) is 0 Å². The predicted molar refractivity (Wildman–Crippen MR) is 112 cm³/mol. The van der Waals surface area contributed by atoms with Crippen LogP contribution in [0.4, 0.5) is 13.2 Å². The molecule has 1 aromatic carbocycles. The molecule has 34 heavy (non-hydrogen) atoms. The number of hydrogen-bond donors (Lipinski definition) is 3. The third kappa shape index (κ3) is 6.26. The van der Waals surface area contributed by atoms with E-state index in [9.17, 15) is 23.1 Å². The third-order valence-electron chi connectivity index (χ3n) is 5.80. The molecule has 0 radical (unpaired) electrons. The molecule has 0 bridgehead atoms. The zero-order chi connectivity index (χ0) is 24.3. The zero-order valence-electron chi connectivity index (χ0n) is 18.5. The van der Waals surface area contributed by atoms with E-state index in [0.717, 1.165) is 5.56 Å². The molecule has 9 nitrogen and oxygen atoms in total. The van der Waals surface area contributed by atoms with E-state index >= 15 is 0 Å². The van der Waals surface area contributed by atoms with Crippen LogP contribution >= 0.6 is 0 Å². The van der Waals surface area contributed by atoms with Crippen molar-refractivity contribution in [1.29, 1.82) is 0 Å². The van der Waals surface area contributed by atoms with Gasteiger partial charge in [-0.25, -0.2) is 0 Å². The molecule has 5 unspecified atom stereocenters. The van der Waals surface area contributed by atoms with Crippen LogP contribution in [0.5, 0.6) is 5.75 Å². The summed E-state index contributed by atoms with van der Waals surface area (Å²) in [7, 11) is 1.80. The van der Waals surface area contributed by atoms with Gasteiger partial charge in [0, 0.05) is 50.4 Å². The zero-order valence-corrected chi connectivity index (χ0v) is 18.5. The number of fused-ring (bicyclic) bond motifs is 1. The largest absolute Gasteiger partial charge is 0.573 e. The normalized spacial score (nSPS) is 26.4. The fraction of sp³-hybridized carbons (Fsp3) is 0.545. The second kappa shape index (κ2) is 10.3. The fourth-order valence-corrected chi connectivity index (χ4v) is 4.27. The lowest BCUT2D eigenvalue weighted by molar-refractivity contribution is -0.274. The van der Waals surface area contributed by atoms with Gasteiger partial charge in [0.05, 0.1) is 30.9 Å². The number of carbonyl (C=O) groups excluding carboxylic acids is 1.